The van der Waals surface area contributed by atoms with Gasteiger partial charge in [-0.3, -0.25) is 9.69 Å². The normalized spacial score (nSPS) is 21.1. The third kappa shape index (κ3) is 2.96. The summed E-state index contributed by atoms with van der Waals surface area (Å²) in [4.78, 5) is 15.7. The van der Waals surface area contributed by atoms with Gasteiger partial charge in [0.25, 0.3) is 0 Å². The van der Waals surface area contributed by atoms with Crippen molar-refractivity contribution in [2.24, 2.45) is 5.73 Å². The largest absolute Gasteiger partial charge is 0.341 e. The Hall–Kier alpha value is -0.610. The van der Waals surface area contributed by atoms with Crippen LogP contribution in [0.4, 0.5) is 0 Å². The molecule has 2 rings (SSSR count). The first kappa shape index (κ1) is 11.5. The molecule has 2 aliphatic heterocycles. The second-order valence-corrected chi connectivity index (χ2v) is 3.72. The van der Waals surface area contributed by atoms with Crippen molar-refractivity contribution in [3.8, 4) is 0 Å². The molecule has 0 bridgehead atoms. The molecule has 0 saturated carbocycles. The summed E-state index contributed by atoms with van der Waals surface area (Å²) in [6.45, 7) is 4.90. The van der Waals surface area contributed by atoms with Crippen LogP contribution in [-0.2, 0) is 4.79 Å². The molecule has 82 valence electrons. The van der Waals surface area contributed by atoms with Crippen LogP contribution in [0.15, 0.2) is 0 Å². The zero-order chi connectivity index (χ0) is 10.4. The fraction of sp³-hybridized carbons (Fsp3) is 0.900. The summed E-state index contributed by atoms with van der Waals surface area (Å²) in [7, 11) is 1.50. The molecule has 4 nitrogen and oxygen atoms in total. The van der Waals surface area contributed by atoms with Crippen LogP contribution < -0.4 is 5.73 Å². The molecular weight excluding hydrogens is 178 g/mol. The molecule has 4 heteroatoms. The lowest BCUT2D eigenvalue weighted by molar-refractivity contribution is -0.135. The summed E-state index contributed by atoms with van der Waals surface area (Å²) in [6, 6.07) is 0. The quantitative estimate of drug-likeness (QED) is 0.675. The average Bonchev–Trinajstić information content (AvgIpc) is 2.57. The maximum atomic E-state index is 11.5. The van der Waals surface area contributed by atoms with Crippen LogP contribution in [0.3, 0.4) is 0 Å². The third-order valence-electron chi connectivity index (χ3n) is 2.77. The number of hydrogen-bond donors (Lipinski definition) is 1. The lowest BCUT2D eigenvalue weighted by Gasteiger charge is -2.32. The Morgan fingerprint density at radius 2 is 1.64 bits per heavy atom. The van der Waals surface area contributed by atoms with Crippen LogP contribution in [0.5, 0.6) is 0 Å². The molecule has 0 aromatic carbocycles. The first-order valence-corrected chi connectivity index (χ1v) is 5.44. The highest BCUT2D eigenvalue weighted by molar-refractivity contribution is 5.78. The van der Waals surface area contributed by atoms with E-state index in [1.54, 1.807) is 0 Å². The molecule has 0 atom stereocenters. The van der Waals surface area contributed by atoms with Crippen molar-refractivity contribution in [3.05, 3.63) is 0 Å². The average molecular weight is 199 g/mol. The monoisotopic (exact) mass is 199 g/mol. The second kappa shape index (κ2) is 5.98. The van der Waals surface area contributed by atoms with E-state index in [9.17, 15) is 4.79 Å². The SMILES string of the molecule is CN.O=C(CN1CCCC1)N1CCC1. The van der Waals surface area contributed by atoms with E-state index in [0.717, 1.165) is 26.2 Å². The van der Waals surface area contributed by atoms with Crippen LogP contribution >= 0.6 is 0 Å². The topological polar surface area (TPSA) is 49.6 Å². The van der Waals surface area contributed by atoms with E-state index in [-0.39, 0.29) is 0 Å². The van der Waals surface area contributed by atoms with E-state index >= 15 is 0 Å². The number of nitrogens with two attached hydrogens (primary N) is 1. The Morgan fingerprint density at radius 1 is 1.07 bits per heavy atom. The zero-order valence-electron chi connectivity index (χ0n) is 9.04. The first-order chi connectivity index (χ1) is 6.86. The number of amides is 1. The Labute approximate surface area is 86.0 Å². The predicted molar refractivity (Wildman–Crippen MR) is 57.0 cm³/mol. The maximum absolute atomic E-state index is 11.5. The van der Waals surface area contributed by atoms with Crippen molar-refractivity contribution in [1.82, 2.24) is 9.80 Å². The number of likely N-dealkylation sites (tertiary alicyclic amines) is 2. The third-order valence-corrected chi connectivity index (χ3v) is 2.77. The van der Waals surface area contributed by atoms with Crippen molar-refractivity contribution in [3.63, 3.8) is 0 Å². The van der Waals surface area contributed by atoms with Gasteiger partial charge in [0.2, 0.25) is 5.91 Å². The molecule has 0 radical (unpaired) electrons. The van der Waals surface area contributed by atoms with E-state index in [1.807, 2.05) is 4.90 Å². The molecule has 0 aromatic rings. The van der Waals surface area contributed by atoms with E-state index < -0.39 is 0 Å². The van der Waals surface area contributed by atoms with Gasteiger partial charge < -0.3 is 10.6 Å². The molecule has 0 aromatic heterocycles. The minimum Gasteiger partial charge on any atom is -0.341 e. The van der Waals surface area contributed by atoms with E-state index in [1.165, 1.54) is 26.3 Å². The highest BCUT2D eigenvalue weighted by Crippen LogP contribution is 2.10. The summed E-state index contributed by atoms with van der Waals surface area (Å²) in [5, 5.41) is 0. The molecule has 0 aliphatic carbocycles. The van der Waals surface area contributed by atoms with E-state index in [2.05, 4.69) is 10.6 Å². The summed E-state index contributed by atoms with van der Waals surface area (Å²) in [6.07, 6.45) is 3.74. The van der Waals surface area contributed by atoms with Gasteiger partial charge in [-0.05, 0) is 39.4 Å². The number of hydrogen-bond acceptors (Lipinski definition) is 3. The molecule has 2 aliphatic rings. The lowest BCUT2D eigenvalue weighted by Crippen LogP contribution is -2.46. The Kier molecular flexibility index (Phi) is 4.90. The van der Waals surface area contributed by atoms with Crippen molar-refractivity contribution in [2.45, 2.75) is 19.3 Å². The number of carbonyl (C=O) groups is 1. The van der Waals surface area contributed by atoms with Gasteiger partial charge in [-0.2, -0.15) is 0 Å². The van der Waals surface area contributed by atoms with Crippen molar-refractivity contribution >= 4 is 5.91 Å². The molecule has 2 N–H and O–H groups in total. The van der Waals surface area contributed by atoms with Crippen LogP contribution in [0, 0.1) is 0 Å². The van der Waals surface area contributed by atoms with Crippen molar-refractivity contribution in [2.75, 3.05) is 39.8 Å². The number of rotatable bonds is 2. The van der Waals surface area contributed by atoms with Gasteiger partial charge in [0.1, 0.15) is 0 Å². The molecule has 1 amide bonds. The highest BCUT2D eigenvalue weighted by Gasteiger charge is 2.23. The summed E-state index contributed by atoms with van der Waals surface area (Å²) < 4.78 is 0. The van der Waals surface area contributed by atoms with Crippen LogP contribution in [-0.4, -0.2) is 55.5 Å². The van der Waals surface area contributed by atoms with Gasteiger partial charge in [0, 0.05) is 13.1 Å². The Morgan fingerprint density at radius 3 is 2.07 bits per heavy atom. The van der Waals surface area contributed by atoms with E-state index in [4.69, 9.17) is 0 Å². The van der Waals surface area contributed by atoms with Crippen molar-refractivity contribution < 1.29 is 4.79 Å². The first-order valence-electron chi connectivity index (χ1n) is 5.44. The van der Waals surface area contributed by atoms with E-state index in [0.29, 0.717) is 12.5 Å². The Balaban J connectivity index is 0.000000461. The summed E-state index contributed by atoms with van der Waals surface area (Å²) in [5.74, 6) is 0.336. The zero-order valence-corrected chi connectivity index (χ0v) is 9.04. The van der Waals surface area contributed by atoms with Gasteiger partial charge in [-0.15, -0.1) is 0 Å². The predicted octanol–water partition coefficient (Wildman–Crippen LogP) is -0.111. The standard InChI is InChI=1S/C9H16N2O.CH5N/c12-9(11-6-3-7-11)8-10-4-1-2-5-10;1-2/h1-8H2;2H2,1H3. The Bertz CT molecular complexity index is 174. The molecule has 2 heterocycles. The van der Waals surface area contributed by atoms with Crippen LogP contribution in [0.1, 0.15) is 19.3 Å². The second-order valence-electron chi connectivity index (χ2n) is 3.72. The molecular formula is C10H21N3O. The smallest absolute Gasteiger partial charge is 0.236 e. The van der Waals surface area contributed by atoms with Gasteiger partial charge in [0.15, 0.2) is 0 Å². The fourth-order valence-electron chi connectivity index (χ4n) is 1.80. The number of nitrogens with zero attached hydrogens (tertiary/aromatic N) is 2. The number of carbonyl (C=O) groups excluding carboxylic acids is 1. The molecule has 2 fully saturated rings. The summed E-state index contributed by atoms with van der Waals surface area (Å²) >= 11 is 0. The van der Waals surface area contributed by atoms with Gasteiger partial charge >= 0.3 is 0 Å². The van der Waals surface area contributed by atoms with Crippen molar-refractivity contribution in [1.29, 1.82) is 0 Å². The van der Waals surface area contributed by atoms with Gasteiger partial charge in [0.05, 0.1) is 6.54 Å². The van der Waals surface area contributed by atoms with Gasteiger partial charge in [-0.1, -0.05) is 0 Å². The minimum atomic E-state index is 0.336. The fourth-order valence-corrected chi connectivity index (χ4v) is 1.80. The highest BCUT2D eigenvalue weighted by atomic mass is 16.2. The summed E-state index contributed by atoms with van der Waals surface area (Å²) in [5.41, 5.74) is 4.50. The van der Waals surface area contributed by atoms with Crippen LogP contribution in [0.25, 0.3) is 0 Å². The molecule has 0 unspecified atom stereocenters. The molecule has 0 spiro atoms. The lowest BCUT2D eigenvalue weighted by atomic mass is 10.2. The minimum absolute atomic E-state index is 0.336. The van der Waals surface area contributed by atoms with Crippen LogP contribution in [0.2, 0.25) is 0 Å². The molecule has 2 saturated heterocycles. The maximum Gasteiger partial charge on any atom is 0.236 e. The van der Waals surface area contributed by atoms with Gasteiger partial charge in [-0.25, -0.2) is 0 Å². The molecule has 14 heavy (non-hydrogen) atoms.